The number of methoxy groups -OCH3 is 1. The molecular formula is C24H23ClN4O2S. The van der Waals surface area contributed by atoms with E-state index in [1.165, 1.54) is 11.8 Å². The number of aromatic nitrogens is 3. The lowest BCUT2D eigenvalue weighted by atomic mass is 10.1. The molecule has 0 atom stereocenters. The van der Waals surface area contributed by atoms with Crippen LogP contribution in [-0.4, -0.2) is 33.4 Å². The minimum atomic E-state index is -0.0774. The molecule has 0 saturated heterocycles. The van der Waals surface area contributed by atoms with Crippen LogP contribution in [0.2, 0.25) is 5.02 Å². The highest BCUT2D eigenvalue weighted by Gasteiger charge is 2.19. The van der Waals surface area contributed by atoms with Crippen LogP contribution in [0.1, 0.15) is 17.0 Å². The number of carbonyl (C=O) groups is 1. The van der Waals surface area contributed by atoms with Crippen LogP contribution in [-0.2, 0) is 11.3 Å². The molecule has 0 bridgehead atoms. The number of hydrogen-bond donors (Lipinski definition) is 1. The monoisotopic (exact) mass is 466 g/mol. The molecule has 0 aliphatic carbocycles. The second kappa shape index (κ2) is 9.63. The fraction of sp³-hybridized carbons (Fsp3) is 0.208. The molecule has 4 aromatic rings. The SMILES string of the molecule is COc1ccccc1-c1c(C)nn2c(SCC(=O)NCc3ccccc3Cl)cc(C)nc12. The van der Waals surface area contributed by atoms with Crippen molar-refractivity contribution in [1.29, 1.82) is 0 Å². The lowest BCUT2D eigenvalue weighted by Gasteiger charge is -2.10. The van der Waals surface area contributed by atoms with Crippen LogP contribution >= 0.6 is 23.4 Å². The zero-order valence-corrected chi connectivity index (χ0v) is 19.6. The van der Waals surface area contributed by atoms with Crippen molar-refractivity contribution in [3.8, 4) is 16.9 Å². The molecule has 0 aliphatic rings. The first-order chi connectivity index (χ1) is 15.5. The number of hydrogen-bond acceptors (Lipinski definition) is 5. The van der Waals surface area contributed by atoms with Crippen LogP contribution in [0.5, 0.6) is 5.75 Å². The van der Waals surface area contributed by atoms with Crippen LogP contribution < -0.4 is 10.1 Å². The average Bonchev–Trinajstić information content (AvgIpc) is 3.12. The van der Waals surface area contributed by atoms with E-state index in [1.807, 2.05) is 68.4 Å². The number of nitrogens with one attached hydrogen (secondary N) is 1. The Hall–Kier alpha value is -3.03. The third-order valence-electron chi connectivity index (χ3n) is 5.02. The van der Waals surface area contributed by atoms with Gasteiger partial charge >= 0.3 is 0 Å². The average molecular weight is 467 g/mol. The number of benzene rings is 2. The van der Waals surface area contributed by atoms with E-state index in [4.69, 9.17) is 26.4 Å². The van der Waals surface area contributed by atoms with Crippen LogP contribution in [0.15, 0.2) is 59.6 Å². The van der Waals surface area contributed by atoms with Gasteiger partial charge in [-0.25, -0.2) is 9.50 Å². The predicted octanol–water partition coefficient (Wildman–Crippen LogP) is 5.08. The molecule has 0 saturated carbocycles. The maximum atomic E-state index is 12.5. The summed E-state index contributed by atoms with van der Waals surface area (Å²) in [5, 5.41) is 9.13. The largest absolute Gasteiger partial charge is 0.496 e. The van der Waals surface area contributed by atoms with Crippen LogP contribution in [0.4, 0.5) is 0 Å². The Labute approximate surface area is 196 Å². The molecule has 1 amide bonds. The molecule has 0 unspecified atom stereocenters. The number of para-hydroxylation sites is 1. The number of carbonyl (C=O) groups excluding carboxylic acids is 1. The molecule has 0 aliphatic heterocycles. The quantitative estimate of drug-likeness (QED) is 0.303. The van der Waals surface area contributed by atoms with Crippen molar-refractivity contribution in [3.63, 3.8) is 0 Å². The Morgan fingerprint density at radius 2 is 1.91 bits per heavy atom. The number of halogens is 1. The number of thioether (sulfide) groups is 1. The lowest BCUT2D eigenvalue weighted by molar-refractivity contribution is -0.118. The van der Waals surface area contributed by atoms with Crippen molar-refractivity contribution in [3.05, 3.63) is 76.6 Å². The molecule has 4 rings (SSSR count). The maximum absolute atomic E-state index is 12.5. The number of amides is 1. The second-order valence-electron chi connectivity index (χ2n) is 7.29. The van der Waals surface area contributed by atoms with E-state index in [0.29, 0.717) is 11.6 Å². The van der Waals surface area contributed by atoms with E-state index in [-0.39, 0.29) is 11.7 Å². The third-order valence-corrected chi connectivity index (χ3v) is 6.38. The summed E-state index contributed by atoms with van der Waals surface area (Å²) in [5.41, 5.74) is 5.19. The number of ether oxygens (including phenoxy) is 1. The zero-order chi connectivity index (χ0) is 22.7. The van der Waals surface area contributed by atoms with Crippen molar-refractivity contribution in [1.82, 2.24) is 19.9 Å². The Morgan fingerprint density at radius 3 is 2.69 bits per heavy atom. The molecule has 0 spiro atoms. The maximum Gasteiger partial charge on any atom is 0.230 e. The molecule has 6 nitrogen and oxygen atoms in total. The summed E-state index contributed by atoms with van der Waals surface area (Å²) in [6.07, 6.45) is 0. The van der Waals surface area contributed by atoms with Crippen molar-refractivity contribution >= 4 is 34.9 Å². The first-order valence-electron chi connectivity index (χ1n) is 10.1. The fourth-order valence-electron chi connectivity index (χ4n) is 3.51. The summed E-state index contributed by atoms with van der Waals surface area (Å²) in [6, 6.07) is 17.3. The highest BCUT2D eigenvalue weighted by Crippen LogP contribution is 2.35. The highest BCUT2D eigenvalue weighted by atomic mass is 35.5. The highest BCUT2D eigenvalue weighted by molar-refractivity contribution is 7.99. The number of nitrogens with zero attached hydrogens (tertiary/aromatic N) is 3. The lowest BCUT2D eigenvalue weighted by Crippen LogP contribution is -2.24. The van der Waals surface area contributed by atoms with E-state index in [0.717, 1.165) is 44.5 Å². The molecular weight excluding hydrogens is 444 g/mol. The summed E-state index contributed by atoms with van der Waals surface area (Å²) in [7, 11) is 1.65. The molecule has 1 N–H and O–H groups in total. The van der Waals surface area contributed by atoms with Crippen LogP contribution in [0.25, 0.3) is 16.8 Å². The molecule has 0 radical (unpaired) electrons. The second-order valence-corrected chi connectivity index (χ2v) is 8.69. The molecule has 8 heteroatoms. The van der Waals surface area contributed by atoms with E-state index >= 15 is 0 Å². The van der Waals surface area contributed by atoms with Crippen molar-refractivity contribution in [2.75, 3.05) is 12.9 Å². The molecule has 2 heterocycles. The Kier molecular flexibility index (Phi) is 6.67. The first-order valence-corrected chi connectivity index (χ1v) is 11.5. The number of fused-ring (bicyclic) bond motifs is 1. The Morgan fingerprint density at radius 1 is 1.16 bits per heavy atom. The molecule has 2 aromatic carbocycles. The number of rotatable bonds is 7. The third kappa shape index (κ3) is 4.59. The minimum Gasteiger partial charge on any atom is -0.496 e. The van der Waals surface area contributed by atoms with Crippen molar-refractivity contribution < 1.29 is 9.53 Å². The van der Waals surface area contributed by atoms with E-state index in [1.54, 1.807) is 11.6 Å². The van der Waals surface area contributed by atoms with Gasteiger partial charge < -0.3 is 10.1 Å². The van der Waals surface area contributed by atoms with E-state index in [9.17, 15) is 4.79 Å². The van der Waals surface area contributed by atoms with Gasteiger partial charge in [0, 0.05) is 22.8 Å². The molecule has 2 aromatic heterocycles. The van der Waals surface area contributed by atoms with Gasteiger partial charge in [-0.2, -0.15) is 5.10 Å². The summed E-state index contributed by atoms with van der Waals surface area (Å²) < 4.78 is 7.35. The van der Waals surface area contributed by atoms with Crippen molar-refractivity contribution in [2.45, 2.75) is 25.4 Å². The fourth-order valence-corrected chi connectivity index (χ4v) is 4.59. The van der Waals surface area contributed by atoms with Crippen LogP contribution in [0, 0.1) is 13.8 Å². The molecule has 0 fully saturated rings. The Bertz CT molecular complexity index is 1290. The van der Waals surface area contributed by atoms with E-state index in [2.05, 4.69) is 5.32 Å². The van der Waals surface area contributed by atoms with Gasteiger partial charge in [0.15, 0.2) is 5.65 Å². The van der Waals surface area contributed by atoms with Gasteiger partial charge in [-0.05, 0) is 37.6 Å². The summed E-state index contributed by atoms with van der Waals surface area (Å²) >= 11 is 7.59. The Balaban J connectivity index is 1.57. The van der Waals surface area contributed by atoms with Crippen LogP contribution in [0.3, 0.4) is 0 Å². The van der Waals surface area contributed by atoms with Gasteiger partial charge in [-0.1, -0.05) is 59.8 Å². The molecule has 164 valence electrons. The van der Waals surface area contributed by atoms with Crippen molar-refractivity contribution in [2.24, 2.45) is 0 Å². The standard InChI is InChI=1S/C24H23ClN4O2S/c1-15-12-22(32-14-21(30)26-13-17-8-4-6-10-19(17)25)29-24(27-15)23(16(2)28-29)18-9-5-7-11-20(18)31-3/h4-12H,13-14H2,1-3H3,(H,26,30). The minimum absolute atomic E-state index is 0.0774. The predicted molar refractivity (Wildman–Crippen MR) is 128 cm³/mol. The number of aryl methyl sites for hydroxylation is 2. The van der Waals surface area contributed by atoms with E-state index < -0.39 is 0 Å². The molecule has 32 heavy (non-hydrogen) atoms. The van der Waals surface area contributed by atoms with Gasteiger partial charge in [-0.15, -0.1) is 0 Å². The van der Waals surface area contributed by atoms with Gasteiger partial charge in [0.2, 0.25) is 5.91 Å². The van der Waals surface area contributed by atoms with Gasteiger partial charge in [0.05, 0.1) is 24.1 Å². The summed E-state index contributed by atoms with van der Waals surface area (Å²) in [4.78, 5) is 17.2. The van der Waals surface area contributed by atoms with Gasteiger partial charge in [-0.3, -0.25) is 4.79 Å². The van der Waals surface area contributed by atoms with Gasteiger partial charge in [0.25, 0.3) is 0 Å². The summed E-state index contributed by atoms with van der Waals surface area (Å²) in [5.74, 6) is 0.944. The first kappa shape index (κ1) is 22.2. The summed E-state index contributed by atoms with van der Waals surface area (Å²) in [6.45, 7) is 4.29. The zero-order valence-electron chi connectivity index (χ0n) is 18.1. The van der Waals surface area contributed by atoms with Gasteiger partial charge in [0.1, 0.15) is 10.8 Å². The normalized spacial score (nSPS) is 11.0. The smallest absolute Gasteiger partial charge is 0.230 e. The topological polar surface area (TPSA) is 68.5 Å².